The Kier molecular flexibility index (Phi) is 7.11. The van der Waals surface area contributed by atoms with E-state index in [0.717, 1.165) is 33.8 Å². The van der Waals surface area contributed by atoms with E-state index in [1.807, 2.05) is 53.2 Å². The van der Waals surface area contributed by atoms with Gasteiger partial charge in [0.25, 0.3) is 0 Å². The van der Waals surface area contributed by atoms with Gasteiger partial charge in [-0.15, -0.1) is 11.8 Å². The van der Waals surface area contributed by atoms with Crippen LogP contribution in [-0.2, 0) is 11.3 Å². The van der Waals surface area contributed by atoms with Crippen molar-refractivity contribution in [1.29, 1.82) is 0 Å². The first kappa shape index (κ1) is 21.7. The van der Waals surface area contributed by atoms with Crippen molar-refractivity contribution in [1.82, 2.24) is 14.5 Å². The summed E-state index contributed by atoms with van der Waals surface area (Å²) in [6.45, 7) is 1.35. The number of halogens is 1. The van der Waals surface area contributed by atoms with E-state index in [1.54, 1.807) is 24.5 Å². The molecule has 0 saturated heterocycles. The molecule has 0 fully saturated rings. The van der Waals surface area contributed by atoms with Crippen molar-refractivity contribution in [2.24, 2.45) is 0 Å². The maximum atomic E-state index is 13.2. The molecule has 31 heavy (non-hydrogen) atoms. The highest BCUT2D eigenvalue weighted by molar-refractivity contribution is 8.00. The number of ether oxygens (including phenoxy) is 1. The summed E-state index contributed by atoms with van der Waals surface area (Å²) in [6.07, 6.45) is 6.25. The van der Waals surface area contributed by atoms with Gasteiger partial charge in [-0.3, -0.25) is 9.69 Å². The van der Waals surface area contributed by atoms with E-state index in [-0.39, 0.29) is 5.91 Å². The summed E-state index contributed by atoms with van der Waals surface area (Å²) in [5.41, 5.74) is 0.736. The molecule has 0 N–H and O–H groups in total. The summed E-state index contributed by atoms with van der Waals surface area (Å²) < 4.78 is 8.17. The van der Waals surface area contributed by atoms with Crippen LogP contribution in [0.3, 0.4) is 0 Å². The normalized spacial score (nSPS) is 11.0. The number of hydrogen-bond donors (Lipinski definition) is 0. The number of rotatable bonds is 9. The van der Waals surface area contributed by atoms with E-state index in [2.05, 4.69) is 9.97 Å². The average Bonchev–Trinajstić information content (AvgIpc) is 3.46. The second kappa shape index (κ2) is 10.2. The van der Waals surface area contributed by atoms with Crippen LogP contribution >= 0.6 is 34.7 Å². The Hall–Kier alpha value is -2.55. The molecule has 2 aromatic heterocycles. The number of amides is 1. The largest absolute Gasteiger partial charge is 0.497 e. The van der Waals surface area contributed by atoms with Gasteiger partial charge in [0.05, 0.1) is 28.9 Å². The molecule has 0 aliphatic heterocycles. The Balaban J connectivity index is 1.49. The molecule has 160 valence electrons. The third-order valence-corrected chi connectivity index (χ3v) is 7.01. The molecule has 0 atom stereocenters. The third kappa shape index (κ3) is 5.39. The SMILES string of the molecule is COc1ccc(SCC(=O)N(CCCn2ccnc2)c2nc3c(Cl)cccc3s2)cc1. The number of fused-ring (bicyclic) bond motifs is 1. The molecule has 0 radical (unpaired) electrons. The van der Waals surface area contributed by atoms with Crippen molar-refractivity contribution in [3.05, 3.63) is 66.2 Å². The van der Waals surface area contributed by atoms with Crippen LogP contribution in [0.2, 0.25) is 5.02 Å². The summed E-state index contributed by atoms with van der Waals surface area (Å²) in [6, 6.07) is 13.4. The number of thiazole rings is 1. The zero-order valence-corrected chi connectivity index (χ0v) is 19.3. The molecule has 0 aliphatic carbocycles. The highest BCUT2D eigenvalue weighted by atomic mass is 35.5. The minimum absolute atomic E-state index is 0.0154. The molecule has 0 aliphatic rings. The molecule has 4 rings (SSSR count). The lowest BCUT2D eigenvalue weighted by atomic mass is 10.3. The Morgan fingerprint density at radius 3 is 2.81 bits per heavy atom. The predicted molar refractivity (Wildman–Crippen MR) is 128 cm³/mol. The van der Waals surface area contributed by atoms with Crippen LogP contribution in [0.25, 0.3) is 10.2 Å². The topological polar surface area (TPSA) is 60.2 Å². The third-order valence-electron chi connectivity index (χ3n) is 4.67. The van der Waals surface area contributed by atoms with Crippen LogP contribution in [0, 0.1) is 0 Å². The fourth-order valence-corrected chi connectivity index (χ4v) is 5.15. The van der Waals surface area contributed by atoms with Gasteiger partial charge in [-0.1, -0.05) is 29.0 Å². The number of nitrogens with zero attached hydrogens (tertiary/aromatic N) is 4. The van der Waals surface area contributed by atoms with E-state index in [0.29, 0.717) is 22.5 Å². The Morgan fingerprint density at radius 1 is 1.26 bits per heavy atom. The van der Waals surface area contributed by atoms with Crippen molar-refractivity contribution in [2.75, 3.05) is 24.3 Å². The van der Waals surface area contributed by atoms with Gasteiger partial charge in [-0.2, -0.15) is 0 Å². The van der Waals surface area contributed by atoms with Gasteiger partial charge in [0.1, 0.15) is 11.3 Å². The fraction of sp³-hybridized carbons (Fsp3) is 0.227. The number of aromatic nitrogens is 3. The number of anilines is 1. The zero-order valence-electron chi connectivity index (χ0n) is 16.9. The van der Waals surface area contributed by atoms with Crippen LogP contribution in [0.15, 0.2) is 66.1 Å². The average molecular weight is 473 g/mol. The van der Waals surface area contributed by atoms with E-state index >= 15 is 0 Å². The molecule has 0 spiro atoms. The molecular formula is C22H21ClN4O2S2. The van der Waals surface area contributed by atoms with E-state index < -0.39 is 0 Å². The quantitative estimate of drug-likeness (QED) is 0.306. The first-order valence-electron chi connectivity index (χ1n) is 9.72. The minimum atomic E-state index is 0.0154. The van der Waals surface area contributed by atoms with Gasteiger partial charge in [-0.25, -0.2) is 9.97 Å². The van der Waals surface area contributed by atoms with Gasteiger partial charge in [0.15, 0.2) is 5.13 Å². The first-order chi connectivity index (χ1) is 15.1. The van der Waals surface area contributed by atoms with Gasteiger partial charge >= 0.3 is 0 Å². The van der Waals surface area contributed by atoms with Crippen molar-refractivity contribution in [3.63, 3.8) is 0 Å². The molecule has 0 unspecified atom stereocenters. The highest BCUT2D eigenvalue weighted by Gasteiger charge is 2.20. The van der Waals surface area contributed by atoms with Crippen LogP contribution in [0.5, 0.6) is 5.75 Å². The second-order valence-electron chi connectivity index (χ2n) is 6.75. The monoisotopic (exact) mass is 472 g/mol. The molecule has 2 heterocycles. The lowest BCUT2D eigenvalue weighted by Gasteiger charge is -2.20. The van der Waals surface area contributed by atoms with Crippen LogP contribution < -0.4 is 9.64 Å². The van der Waals surface area contributed by atoms with Gasteiger partial charge in [0, 0.05) is 30.4 Å². The van der Waals surface area contributed by atoms with Crippen molar-refractivity contribution >= 4 is 56.0 Å². The highest BCUT2D eigenvalue weighted by Crippen LogP contribution is 2.33. The van der Waals surface area contributed by atoms with Gasteiger partial charge in [0.2, 0.25) is 5.91 Å². The summed E-state index contributed by atoms with van der Waals surface area (Å²) >= 11 is 9.30. The smallest absolute Gasteiger partial charge is 0.239 e. The van der Waals surface area contributed by atoms with Crippen LogP contribution in [-0.4, -0.2) is 39.8 Å². The predicted octanol–water partition coefficient (Wildman–Crippen LogP) is 5.37. The zero-order chi connectivity index (χ0) is 21.6. The number of benzene rings is 2. The number of carbonyl (C=O) groups excluding carboxylic acids is 1. The van der Waals surface area contributed by atoms with Crippen LogP contribution in [0.4, 0.5) is 5.13 Å². The second-order valence-corrected chi connectivity index (χ2v) is 9.21. The summed E-state index contributed by atoms with van der Waals surface area (Å²) in [4.78, 5) is 24.7. The minimum Gasteiger partial charge on any atom is -0.497 e. The Labute approximate surface area is 193 Å². The standard InChI is InChI=1S/C22H21ClN4O2S2/c1-29-16-6-8-17(9-7-16)30-14-20(28)27(12-3-11-26-13-10-24-15-26)22-25-21-18(23)4-2-5-19(21)31-22/h2,4-10,13,15H,3,11-12,14H2,1H3. The molecule has 0 saturated carbocycles. The number of hydrogen-bond acceptors (Lipinski definition) is 6. The number of carbonyl (C=O) groups is 1. The number of imidazole rings is 1. The van der Waals surface area contributed by atoms with Crippen molar-refractivity contribution in [2.45, 2.75) is 17.9 Å². The van der Waals surface area contributed by atoms with Gasteiger partial charge in [-0.05, 0) is 42.8 Å². The Bertz CT molecular complexity index is 1150. The molecule has 6 nitrogen and oxygen atoms in total. The van der Waals surface area contributed by atoms with Crippen molar-refractivity contribution < 1.29 is 9.53 Å². The number of thioether (sulfide) groups is 1. The van der Waals surface area contributed by atoms with Crippen molar-refractivity contribution in [3.8, 4) is 5.75 Å². The fourth-order valence-electron chi connectivity index (χ4n) is 3.07. The first-order valence-corrected chi connectivity index (χ1v) is 11.9. The van der Waals surface area contributed by atoms with Gasteiger partial charge < -0.3 is 9.30 Å². The molecule has 9 heteroatoms. The van der Waals surface area contributed by atoms with Crippen LogP contribution in [0.1, 0.15) is 6.42 Å². The number of methoxy groups -OCH3 is 1. The van der Waals surface area contributed by atoms with E-state index in [4.69, 9.17) is 16.3 Å². The molecular weight excluding hydrogens is 452 g/mol. The molecule has 4 aromatic rings. The van der Waals surface area contributed by atoms with E-state index in [1.165, 1.54) is 23.1 Å². The lowest BCUT2D eigenvalue weighted by molar-refractivity contribution is -0.116. The number of aryl methyl sites for hydroxylation is 1. The maximum absolute atomic E-state index is 13.2. The summed E-state index contributed by atoms with van der Waals surface area (Å²) in [5.74, 6) is 1.13. The van der Waals surface area contributed by atoms with E-state index in [9.17, 15) is 4.79 Å². The Morgan fingerprint density at radius 2 is 2.10 bits per heavy atom. The summed E-state index contributed by atoms with van der Waals surface area (Å²) in [5, 5.41) is 1.27. The molecule has 2 aromatic carbocycles. The molecule has 0 bridgehead atoms. The lowest BCUT2D eigenvalue weighted by Crippen LogP contribution is -2.33. The number of para-hydroxylation sites is 1. The maximum Gasteiger partial charge on any atom is 0.239 e. The summed E-state index contributed by atoms with van der Waals surface area (Å²) in [7, 11) is 1.64. The molecule has 1 amide bonds.